The number of aromatic hydroxyl groups is 1. The summed E-state index contributed by atoms with van der Waals surface area (Å²) >= 11 is 4.21. The molecule has 0 aliphatic rings. The maximum atomic E-state index is 11.3. The average Bonchev–Trinajstić information content (AvgIpc) is 2.63. The van der Waals surface area contributed by atoms with Crippen molar-refractivity contribution in [1.82, 2.24) is 4.98 Å². The molecule has 0 bridgehead atoms. The van der Waals surface area contributed by atoms with E-state index in [1.165, 1.54) is 6.07 Å². The molecule has 2 aromatic rings. The summed E-state index contributed by atoms with van der Waals surface area (Å²) in [5.41, 5.74) is 0.786. The van der Waals surface area contributed by atoms with E-state index in [4.69, 9.17) is 10.7 Å². The van der Waals surface area contributed by atoms with Gasteiger partial charge in [0, 0.05) is 15.2 Å². The molecule has 8 heteroatoms. The summed E-state index contributed by atoms with van der Waals surface area (Å²) in [4.78, 5) is 4.12. The van der Waals surface area contributed by atoms with Crippen LogP contribution in [0.15, 0.2) is 26.9 Å². The van der Waals surface area contributed by atoms with Gasteiger partial charge in [0.05, 0.1) is 11.3 Å². The molecule has 0 aliphatic heterocycles. The largest absolute Gasteiger partial charge is 0.507 e. The smallest absolute Gasteiger partial charge is 0.272 e. The Morgan fingerprint density at radius 2 is 2.11 bits per heavy atom. The molecule has 1 heterocycles. The van der Waals surface area contributed by atoms with E-state index in [1.807, 2.05) is 0 Å². The fourth-order valence-electron chi connectivity index (χ4n) is 1.40. The zero-order chi connectivity index (χ0) is 13.5. The number of halogens is 2. The summed E-state index contributed by atoms with van der Waals surface area (Å²) in [6.45, 7) is 1.56. The van der Waals surface area contributed by atoms with E-state index in [2.05, 4.69) is 20.9 Å². The Morgan fingerprint density at radius 1 is 1.44 bits per heavy atom. The normalized spacial score (nSPS) is 11.7. The molecule has 0 saturated carbocycles. The van der Waals surface area contributed by atoms with Crippen molar-refractivity contribution in [3.05, 3.63) is 28.4 Å². The molecule has 0 amide bonds. The Hall–Kier alpha value is -0.630. The molecule has 0 spiro atoms. The maximum Gasteiger partial charge on any atom is 0.272 e. The van der Waals surface area contributed by atoms with Gasteiger partial charge >= 0.3 is 0 Å². The highest BCUT2D eigenvalue weighted by atomic mass is 79.9. The van der Waals surface area contributed by atoms with Gasteiger partial charge in [-0.25, -0.2) is 13.4 Å². The van der Waals surface area contributed by atoms with Crippen LogP contribution in [0, 0.1) is 6.92 Å². The molecule has 1 aromatic heterocycles. The molecule has 0 saturated heterocycles. The topological polar surface area (TPSA) is 67.3 Å². The first-order valence-corrected chi connectivity index (χ1v) is 8.62. The third-order valence-corrected chi connectivity index (χ3v) is 6.03. The highest BCUT2D eigenvalue weighted by Crippen LogP contribution is 2.37. The van der Waals surface area contributed by atoms with Gasteiger partial charge in [0.2, 0.25) is 0 Å². The maximum absolute atomic E-state index is 11.3. The molecule has 0 unspecified atom stereocenters. The molecule has 0 atom stereocenters. The number of hydrogen-bond donors (Lipinski definition) is 1. The minimum atomic E-state index is -3.81. The standard InChI is InChI=1S/C10H7BrClNO3S2/c1-5-10(18(12,15)16)17-9(13-5)7-4-6(11)2-3-8(7)14/h2-4,14H,1H3. The fraction of sp³-hybridized carbons (Fsp3) is 0.100. The van der Waals surface area contributed by atoms with E-state index in [0.717, 1.165) is 15.8 Å². The summed E-state index contributed by atoms with van der Waals surface area (Å²) in [7, 11) is 1.50. The SMILES string of the molecule is Cc1nc(-c2cc(Br)ccc2O)sc1S(=O)(=O)Cl. The molecular formula is C10H7BrClNO3S2. The van der Waals surface area contributed by atoms with E-state index >= 15 is 0 Å². The molecule has 18 heavy (non-hydrogen) atoms. The summed E-state index contributed by atoms with van der Waals surface area (Å²) < 4.78 is 23.4. The van der Waals surface area contributed by atoms with Crippen LogP contribution in [0.1, 0.15) is 5.69 Å². The van der Waals surface area contributed by atoms with Crippen LogP contribution in [0.4, 0.5) is 0 Å². The molecule has 96 valence electrons. The first kappa shape index (κ1) is 13.8. The Bertz CT molecular complexity index is 712. The molecule has 4 nitrogen and oxygen atoms in total. The average molecular weight is 369 g/mol. The van der Waals surface area contributed by atoms with Crippen LogP contribution in [-0.4, -0.2) is 18.5 Å². The molecule has 0 aliphatic carbocycles. The van der Waals surface area contributed by atoms with Crippen LogP contribution >= 0.6 is 37.9 Å². The molecule has 1 aromatic carbocycles. The lowest BCUT2D eigenvalue weighted by Crippen LogP contribution is -1.88. The van der Waals surface area contributed by atoms with Crippen LogP contribution in [0.2, 0.25) is 0 Å². The number of rotatable bonds is 2. The first-order chi connectivity index (χ1) is 8.29. The van der Waals surface area contributed by atoms with E-state index in [9.17, 15) is 13.5 Å². The van der Waals surface area contributed by atoms with Crippen LogP contribution in [0.5, 0.6) is 5.75 Å². The number of benzene rings is 1. The molecule has 0 radical (unpaired) electrons. The van der Waals surface area contributed by atoms with E-state index in [1.54, 1.807) is 19.1 Å². The van der Waals surface area contributed by atoms with Crippen molar-refractivity contribution >= 4 is 47.0 Å². The lowest BCUT2D eigenvalue weighted by molar-refractivity contribution is 0.477. The highest BCUT2D eigenvalue weighted by molar-refractivity contribution is 9.10. The van der Waals surface area contributed by atoms with Crippen molar-refractivity contribution in [1.29, 1.82) is 0 Å². The first-order valence-electron chi connectivity index (χ1n) is 4.70. The number of aryl methyl sites for hydroxylation is 1. The van der Waals surface area contributed by atoms with E-state index in [0.29, 0.717) is 16.3 Å². The zero-order valence-electron chi connectivity index (χ0n) is 9.02. The zero-order valence-corrected chi connectivity index (χ0v) is 13.0. The summed E-state index contributed by atoms with van der Waals surface area (Å²) in [5, 5.41) is 10.2. The quantitative estimate of drug-likeness (QED) is 0.824. The second-order valence-electron chi connectivity index (χ2n) is 3.49. The Morgan fingerprint density at radius 3 is 2.67 bits per heavy atom. The fourth-order valence-corrected chi connectivity index (χ4v) is 4.24. The van der Waals surface area contributed by atoms with Gasteiger partial charge in [-0.15, -0.1) is 11.3 Å². The number of thiazole rings is 1. The number of phenols is 1. The summed E-state index contributed by atoms with van der Waals surface area (Å²) in [5.74, 6) is 0.0328. The molecule has 0 fully saturated rings. The Balaban J connectivity index is 2.63. The number of aromatic nitrogens is 1. The lowest BCUT2D eigenvalue weighted by atomic mass is 10.2. The van der Waals surface area contributed by atoms with Crippen LogP contribution in [0.25, 0.3) is 10.6 Å². The molecular weight excluding hydrogens is 362 g/mol. The van der Waals surface area contributed by atoms with E-state index < -0.39 is 9.05 Å². The minimum Gasteiger partial charge on any atom is -0.507 e. The van der Waals surface area contributed by atoms with Crippen molar-refractivity contribution < 1.29 is 13.5 Å². The Labute approximate surface area is 121 Å². The van der Waals surface area contributed by atoms with Gasteiger partial charge in [-0.05, 0) is 25.1 Å². The van der Waals surface area contributed by atoms with Crippen LogP contribution in [0.3, 0.4) is 0 Å². The van der Waals surface area contributed by atoms with Crippen molar-refractivity contribution in [2.24, 2.45) is 0 Å². The summed E-state index contributed by atoms with van der Waals surface area (Å²) in [6, 6.07) is 4.85. The monoisotopic (exact) mass is 367 g/mol. The Kier molecular flexibility index (Phi) is 3.68. The highest BCUT2D eigenvalue weighted by Gasteiger charge is 2.21. The van der Waals surface area contributed by atoms with Gasteiger partial charge in [0.1, 0.15) is 10.8 Å². The van der Waals surface area contributed by atoms with Crippen molar-refractivity contribution in [3.8, 4) is 16.3 Å². The van der Waals surface area contributed by atoms with Gasteiger partial charge in [-0.2, -0.15) is 0 Å². The minimum absolute atomic E-state index is 0.00135. The lowest BCUT2D eigenvalue weighted by Gasteiger charge is -2.00. The third kappa shape index (κ3) is 2.69. The van der Waals surface area contributed by atoms with Crippen molar-refractivity contribution in [2.45, 2.75) is 11.1 Å². The van der Waals surface area contributed by atoms with Gasteiger partial charge in [-0.1, -0.05) is 15.9 Å². The summed E-state index contributed by atoms with van der Waals surface area (Å²) in [6.07, 6.45) is 0. The predicted octanol–water partition coefficient (Wildman–Crippen LogP) is 3.51. The molecule has 1 N–H and O–H groups in total. The van der Waals surface area contributed by atoms with Gasteiger partial charge < -0.3 is 5.11 Å². The third-order valence-electron chi connectivity index (χ3n) is 2.16. The van der Waals surface area contributed by atoms with Crippen LogP contribution < -0.4 is 0 Å². The van der Waals surface area contributed by atoms with Crippen molar-refractivity contribution in [3.63, 3.8) is 0 Å². The van der Waals surface area contributed by atoms with Gasteiger partial charge in [0.15, 0.2) is 4.21 Å². The number of phenolic OH excluding ortho intramolecular Hbond substituents is 1. The second-order valence-corrected chi connectivity index (χ2v) is 8.17. The molecule has 2 rings (SSSR count). The van der Waals surface area contributed by atoms with E-state index in [-0.39, 0.29) is 9.96 Å². The predicted molar refractivity (Wildman–Crippen MR) is 74.7 cm³/mol. The number of hydrogen-bond acceptors (Lipinski definition) is 5. The number of nitrogens with zero attached hydrogens (tertiary/aromatic N) is 1. The van der Waals surface area contributed by atoms with Gasteiger partial charge in [0.25, 0.3) is 9.05 Å². The van der Waals surface area contributed by atoms with Gasteiger partial charge in [-0.3, -0.25) is 0 Å². The van der Waals surface area contributed by atoms with Crippen molar-refractivity contribution in [2.75, 3.05) is 0 Å². The van der Waals surface area contributed by atoms with Crippen LogP contribution in [-0.2, 0) is 9.05 Å². The second kappa shape index (κ2) is 4.80.